The lowest BCUT2D eigenvalue weighted by molar-refractivity contribution is -0.686. The molecule has 3 heteroatoms. The number of benzene rings is 2. The molecule has 0 aliphatic heterocycles. The Bertz CT molecular complexity index is 503. The first-order valence-electron chi connectivity index (χ1n) is 6.47. The highest BCUT2D eigenvalue weighted by Crippen LogP contribution is 2.11. The van der Waals surface area contributed by atoms with E-state index in [2.05, 4.69) is 34.5 Å². The summed E-state index contributed by atoms with van der Waals surface area (Å²) in [5.41, 5.74) is 3.65. The van der Waals surface area contributed by atoms with E-state index in [1.807, 2.05) is 26.2 Å². The minimum Gasteiger partial charge on any atom is -0.378 e. The van der Waals surface area contributed by atoms with Gasteiger partial charge in [0.15, 0.2) is 0 Å². The van der Waals surface area contributed by atoms with Crippen LogP contribution in [0.5, 0.6) is 0 Å². The Balaban J connectivity index is 1.83. The molecule has 0 fully saturated rings. The summed E-state index contributed by atoms with van der Waals surface area (Å²) in [6, 6.07) is 15.2. The maximum absolute atomic E-state index is 12.8. The first-order valence-corrected chi connectivity index (χ1v) is 6.47. The number of hydrogen-bond acceptors (Lipinski definition) is 1. The molecule has 100 valence electrons. The van der Waals surface area contributed by atoms with Crippen LogP contribution in [0, 0.1) is 5.82 Å². The molecule has 2 rings (SSSR count). The molecule has 0 aliphatic carbocycles. The van der Waals surface area contributed by atoms with Crippen LogP contribution in [0.1, 0.15) is 11.1 Å². The number of quaternary nitrogens is 1. The fraction of sp³-hybridized carbons (Fsp3) is 0.250. The van der Waals surface area contributed by atoms with Crippen LogP contribution in [0.3, 0.4) is 0 Å². The summed E-state index contributed by atoms with van der Waals surface area (Å²) in [5, 5.41) is 2.22. The van der Waals surface area contributed by atoms with Gasteiger partial charge in [0.25, 0.3) is 0 Å². The van der Waals surface area contributed by atoms with Crippen LogP contribution < -0.4 is 10.2 Å². The molecule has 0 atom stereocenters. The number of hydrogen-bond donors (Lipinski definition) is 1. The Hall–Kier alpha value is -1.87. The standard InChI is InChI=1S/C16H19FN2/c1-19(2)16-9-5-14(6-10-16)12-18-11-13-3-7-15(17)8-4-13/h3-10,18H,11-12H2,1-2H3/p+1. The molecule has 0 radical (unpaired) electrons. The summed E-state index contributed by atoms with van der Waals surface area (Å²) < 4.78 is 12.8. The average molecular weight is 259 g/mol. The van der Waals surface area contributed by atoms with Gasteiger partial charge < -0.3 is 10.2 Å². The summed E-state index contributed by atoms with van der Waals surface area (Å²) >= 11 is 0. The van der Waals surface area contributed by atoms with Crippen LogP contribution in [0.4, 0.5) is 10.1 Å². The van der Waals surface area contributed by atoms with Gasteiger partial charge in [0, 0.05) is 30.9 Å². The van der Waals surface area contributed by atoms with Gasteiger partial charge in [0.1, 0.15) is 18.9 Å². The summed E-state index contributed by atoms with van der Waals surface area (Å²) in [5.74, 6) is -0.178. The Labute approximate surface area is 113 Å². The van der Waals surface area contributed by atoms with E-state index in [1.165, 1.54) is 23.4 Å². The van der Waals surface area contributed by atoms with Crippen molar-refractivity contribution in [1.29, 1.82) is 0 Å². The smallest absolute Gasteiger partial charge is 0.123 e. The van der Waals surface area contributed by atoms with Gasteiger partial charge in [-0.15, -0.1) is 0 Å². The molecule has 2 aromatic rings. The van der Waals surface area contributed by atoms with Crippen molar-refractivity contribution in [2.45, 2.75) is 13.1 Å². The molecule has 2 N–H and O–H groups in total. The first kappa shape index (κ1) is 13.6. The second kappa shape index (κ2) is 6.34. The summed E-state index contributed by atoms with van der Waals surface area (Å²) in [7, 11) is 4.07. The fourth-order valence-corrected chi connectivity index (χ4v) is 1.96. The molecule has 0 aliphatic rings. The zero-order valence-corrected chi connectivity index (χ0v) is 11.4. The molecular formula is C16H20FN2+. The molecule has 0 spiro atoms. The van der Waals surface area contributed by atoms with Gasteiger partial charge in [-0.2, -0.15) is 0 Å². The summed E-state index contributed by atoms with van der Waals surface area (Å²) in [6.45, 7) is 1.81. The third-order valence-corrected chi connectivity index (χ3v) is 3.13. The predicted octanol–water partition coefficient (Wildman–Crippen LogP) is 2.16. The highest BCUT2D eigenvalue weighted by atomic mass is 19.1. The van der Waals surface area contributed by atoms with Crippen molar-refractivity contribution in [3.8, 4) is 0 Å². The van der Waals surface area contributed by atoms with E-state index in [0.717, 1.165) is 18.7 Å². The van der Waals surface area contributed by atoms with E-state index in [9.17, 15) is 4.39 Å². The molecule has 0 heterocycles. The first-order chi connectivity index (χ1) is 9.15. The molecule has 0 amide bonds. The third-order valence-electron chi connectivity index (χ3n) is 3.13. The zero-order valence-electron chi connectivity index (χ0n) is 11.4. The summed E-state index contributed by atoms with van der Waals surface area (Å²) in [4.78, 5) is 2.09. The van der Waals surface area contributed by atoms with Gasteiger partial charge in [-0.25, -0.2) is 4.39 Å². The minimum atomic E-state index is -0.178. The topological polar surface area (TPSA) is 19.9 Å². The molecule has 0 unspecified atom stereocenters. The molecule has 0 saturated carbocycles. The van der Waals surface area contributed by atoms with Gasteiger partial charge in [-0.1, -0.05) is 24.3 Å². The largest absolute Gasteiger partial charge is 0.378 e. The van der Waals surface area contributed by atoms with Gasteiger partial charge >= 0.3 is 0 Å². The van der Waals surface area contributed by atoms with E-state index < -0.39 is 0 Å². The lowest BCUT2D eigenvalue weighted by Crippen LogP contribution is -2.80. The van der Waals surface area contributed by atoms with Gasteiger partial charge in [-0.3, -0.25) is 0 Å². The fourth-order valence-electron chi connectivity index (χ4n) is 1.96. The van der Waals surface area contributed by atoms with Crippen molar-refractivity contribution in [1.82, 2.24) is 0 Å². The van der Waals surface area contributed by atoms with Gasteiger partial charge in [0.05, 0.1) is 0 Å². The van der Waals surface area contributed by atoms with E-state index in [0.29, 0.717) is 0 Å². The molecule has 2 nitrogen and oxygen atoms in total. The molecule has 19 heavy (non-hydrogen) atoms. The number of nitrogens with zero attached hydrogens (tertiary/aromatic N) is 1. The maximum atomic E-state index is 12.8. The summed E-state index contributed by atoms with van der Waals surface area (Å²) in [6.07, 6.45) is 0. The van der Waals surface area contributed by atoms with E-state index in [-0.39, 0.29) is 5.82 Å². The molecular weight excluding hydrogens is 239 g/mol. The van der Waals surface area contributed by atoms with Crippen molar-refractivity contribution in [3.63, 3.8) is 0 Å². The lowest BCUT2D eigenvalue weighted by Gasteiger charge is -2.12. The van der Waals surface area contributed by atoms with E-state index in [1.54, 1.807) is 0 Å². The minimum absolute atomic E-state index is 0.178. The Morgan fingerprint density at radius 1 is 0.842 bits per heavy atom. The van der Waals surface area contributed by atoms with Crippen molar-refractivity contribution in [3.05, 3.63) is 65.5 Å². The van der Waals surface area contributed by atoms with Crippen LogP contribution in [-0.4, -0.2) is 14.1 Å². The maximum Gasteiger partial charge on any atom is 0.123 e. The Morgan fingerprint density at radius 2 is 1.32 bits per heavy atom. The number of nitrogens with two attached hydrogens (primary N) is 1. The second-order valence-corrected chi connectivity index (χ2v) is 4.88. The quantitative estimate of drug-likeness (QED) is 0.872. The van der Waals surface area contributed by atoms with Crippen LogP contribution in [0.15, 0.2) is 48.5 Å². The van der Waals surface area contributed by atoms with E-state index >= 15 is 0 Å². The van der Waals surface area contributed by atoms with Crippen LogP contribution in [-0.2, 0) is 13.1 Å². The normalized spacial score (nSPS) is 10.5. The Morgan fingerprint density at radius 3 is 1.79 bits per heavy atom. The van der Waals surface area contributed by atoms with Gasteiger partial charge in [-0.05, 0) is 24.3 Å². The van der Waals surface area contributed by atoms with Crippen molar-refractivity contribution in [2.24, 2.45) is 0 Å². The number of halogens is 1. The Kier molecular flexibility index (Phi) is 4.53. The zero-order chi connectivity index (χ0) is 13.7. The van der Waals surface area contributed by atoms with Crippen molar-refractivity contribution >= 4 is 5.69 Å². The highest BCUT2D eigenvalue weighted by Gasteiger charge is 1.99. The average Bonchev–Trinajstić information content (AvgIpc) is 2.41. The third kappa shape index (κ3) is 4.07. The van der Waals surface area contributed by atoms with Crippen molar-refractivity contribution in [2.75, 3.05) is 19.0 Å². The van der Waals surface area contributed by atoms with Gasteiger partial charge in [0.2, 0.25) is 0 Å². The molecule has 2 aromatic carbocycles. The van der Waals surface area contributed by atoms with Crippen LogP contribution in [0.25, 0.3) is 0 Å². The van der Waals surface area contributed by atoms with Crippen LogP contribution in [0.2, 0.25) is 0 Å². The molecule has 0 saturated heterocycles. The SMILES string of the molecule is CN(C)c1ccc(C[NH2+]Cc2ccc(F)cc2)cc1. The predicted molar refractivity (Wildman–Crippen MR) is 76.5 cm³/mol. The second-order valence-electron chi connectivity index (χ2n) is 4.88. The molecule has 0 bridgehead atoms. The monoisotopic (exact) mass is 259 g/mol. The molecule has 0 aromatic heterocycles. The van der Waals surface area contributed by atoms with Crippen molar-refractivity contribution < 1.29 is 9.71 Å². The van der Waals surface area contributed by atoms with Crippen LogP contribution >= 0.6 is 0 Å². The number of anilines is 1. The van der Waals surface area contributed by atoms with E-state index in [4.69, 9.17) is 0 Å². The number of rotatable bonds is 5. The highest BCUT2D eigenvalue weighted by molar-refractivity contribution is 5.45. The lowest BCUT2D eigenvalue weighted by atomic mass is 10.2.